The Morgan fingerprint density at radius 2 is 1.63 bits per heavy atom. The van der Waals surface area contributed by atoms with E-state index in [1.165, 1.54) is 5.56 Å². The fourth-order valence-electron chi connectivity index (χ4n) is 2.69. The third kappa shape index (κ3) is 6.82. The molecule has 0 aliphatic heterocycles. The lowest BCUT2D eigenvalue weighted by Gasteiger charge is -2.15. The van der Waals surface area contributed by atoms with Gasteiger partial charge in [0, 0.05) is 18.7 Å². The SMILES string of the molecule is COc1ccc(CCN=C(N)NCCc2ccccc2)c(OC)c1OC.I. The van der Waals surface area contributed by atoms with E-state index in [-0.39, 0.29) is 24.0 Å². The highest BCUT2D eigenvalue weighted by atomic mass is 127. The van der Waals surface area contributed by atoms with E-state index >= 15 is 0 Å². The molecule has 0 aliphatic carbocycles. The summed E-state index contributed by atoms with van der Waals surface area (Å²) in [5.41, 5.74) is 8.20. The number of benzene rings is 2. The Morgan fingerprint density at radius 3 is 2.26 bits per heavy atom. The highest BCUT2D eigenvalue weighted by Gasteiger charge is 2.15. The molecule has 27 heavy (non-hydrogen) atoms. The molecule has 0 aliphatic rings. The maximum atomic E-state index is 5.94. The maximum Gasteiger partial charge on any atom is 0.203 e. The molecule has 7 heteroatoms. The number of rotatable bonds is 9. The summed E-state index contributed by atoms with van der Waals surface area (Å²) in [6.45, 7) is 1.30. The molecule has 0 amide bonds. The predicted molar refractivity (Wildman–Crippen MR) is 120 cm³/mol. The van der Waals surface area contributed by atoms with Gasteiger partial charge in [-0.15, -0.1) is 24.0 Å². The third-order valence-electron chi connectivity index (χ3n) is 4.01. The molecule has 2 rings (SSSR count). The first-order chi connectivity index (χ1) is 12.7. The molecule has 0 unspecified atom stereocenters. The van der Waals surface area contributed by atoms with Gasteiger partial charge < -0.3 is 25.3 Å². The van der Waals surface area contributed by atoms with Gasteiger partial charge in [0.2, 0.25) is 5.75 Å². The number of hydrogen-bond donors (Lipinski definition) is 2. The van der Waals surface area contributed by atoms with Crippen LogP contribution in [0.4, 0.5) is 0 Å². The molecular formula is C20H28IN3O3. The van der Waals surface area contributed by atoms with Crippen LogP contribution in [0.15, 0.2) is 47.5 Å². The highest BCUT2D eigenvalue weighted by molar-refractivity contribution is 14.0. The van der Waals surface area contributed by atoms with E-state index in [1.807, 2.05) is 30.3 Å². The minimum Gasteiger partial charge on any atom is -0.493 e. The minimum absolute atomic E-state index is 0. The van der Waals surface area contributed by atoms with E-state index in [9.17, 15) is 0 Å². The number of nitrogens with zero attached hydrogens (tertiary/aromatic N) is 1. The van der Waals surface area contributed by atoms with Crippen LogP contribution in [-0.4, -0.2) is 40.4 Å². The Bertz CT molecular complexity index is 724. The van der Waals surface area contributed by atoms with Gasteiger partial charge in [-0.05, 0) is 24.5 Å². The lowest BCUT2D eigenvalue weighted by atomic mass is 10.1. The Kier molecular flexibility index (Phi) is 10.4. The monoisotopic (exact) mass is 485 g/mol. The van der Waals surface area contributed by atoms with Crippen LogP contribution >= 0.6 is 24.0 Å². The topological polar surface area (TPSA) is 78.1 Å². The molecule has 0 atom stereocenters. The van der Waals surface area contributed by atoms with Gasteiger partial charge in [-0.25, -0.2) is 0 Å². The number of ether oxygens (including phenoxy) is 3. The summed E-state index contributed by atoms with van der Waals surface area (Å²) in [4.78, 5) is 4.38. The van der Waals surface area contributed by atoms with Gasteiger partial charge in [0.25, 0.3) is 0 Å². The summed E-state index contributed by atoms with van der Waals surface area (Å²) < 4.78 is 16.2. The van der Waals surface area contributed by atoms with Crippen molar-refractivity contribution in [1.82, 2.24) is 5.32 Å². The minimum atomic E-state index is 0. The molecule has 0 saturated carbocycles. The van der Waals surface area contributed by atoms with Crippen molar-refractivity contribution in [2.24, 2.45) is 10.7 Å². The second-order valence-corrected chi connectivity index (χ2v) is 5.67. The summed E-state index contributed by atoms with van der Waals surface area (Å²) in [7, 11) is 4.81. The molecule has 0 radical (unpaired) electrons. The Hall–Kier alpha value is -2.16. The summed E-state index contributed by atoms with van der Waals surface area (Å²) >= 11 is 0. The number of guanidine groups is 1. The third-order valence-corrected chi connectivity index (χ3v) is 4.01. The van der Waals surface area contributed by atoms with Crippen molar-refractivity contribution in [1.29, 1.82) is 0 Å². The smallest absolute Gasteiger partial charge is 0.203 e. The normalized spacial score (nSPS) is 10.7. The lowest BCUT2D eigenvalue weighted by molar-refractivity contribution is 0.322. The Labute approximate surface area is 178 Å². The molecule has 148 valence electrons. The van der Waals surface area contributed by atoms with Gasteiger partial charge in [0.15, 0.2) is 17.5 Å². The molecule has 2 aromatic rings. The first kappa shape index (κ1) is 22.9. The first-order valence-electron chi connectivity index (χ1n) is 8.55. The number of nitrogens with two attached hydrogens (primary N) is 1. The number of aliphatic imine (C=N–C) groups is 1. The second kappa shape index (κ2) is 12.3. The Balaban J connectivity index is 0.00000364. The highest BCUT2D eigenvalue weighted by Crippen LogP contribution is 2.39. The molecule has 0 fully saturated rings. The maximum absolute atomic E-state index is 5.94. The van der Waals surface area contributed by atoms with Crippen LogP contribution in [0.1, 0.15) is 11.1 Å². The number of halogens is 1. The van der Waals surface area contributed by atoms with Crippen LogP contribution < -0.4 is 25.3 Å². The lowest BCUT2D eigenvalue weighted by Crippen LogP contribution is -2.33. The average Bonchev–Trinajstić information content (AvgIpc) is 2.68. The van der Waals surface area contributed by atoms with E-state index in [0.717, 1.165) is 18.5 Å². The zero-order valence-corrected chi connectivity index (χ0v) is 18.4. The molecule has 0 saturated heterocycles. The van der Waals surface area contributed by atoms with Crippen molar-refractivity contribution in [3.05, 3.63) is 53.6 Å². The largest absolute Gasteiger partial charge is 0.493 e. The van der Waals surface area contributed by atoms with Crippen molar-refractivity contribution in [2.45, 2.75) is 12.8 Å². The fraction of sp³-hybridized carbons (Fsp3) is 0.350. The second-order valence-electron chi connectivity index (χ2n) is 5.67. The number of nitrogens with one attached hydrogen (secondary N) is 1. The molecule has 2 aromatic carbocycles. The number of hydrogen-bond acceptors (Lipinski definition) is 4. The fourth-order valence-corrected chi connectivity index (χ4v) is 2.69. The van der Waals surface area contributed by atoms with Crippen LogP contribution in [0.2, 0.25) is 0 Å². The molecule has 6 nitrogen and oxygen atoms in total. The van der Waals surface area contributed by atoms with Gasteiger partial charge in [-0.1, -0.05) is 36.4 Å². The standard InChI is InChI=1S/C20H27N3O3.HI/c1-24-17-10-9-16(18(25-2)19(17)26-3)12-14-23-20(21)22-13-11-15-7-5-4-6-8-15;/h4-10H,11-14H2,1-3H3,(H3,21,22,23);1H. The van der Waals surface area contributed by atoms with Gasteiger partial charge in [0.1, 0.15) is 0 Å². The van der Waals surface area contributed by atoms with Crippen molar-refractivity contribution < 1.29 is 14.2 Å². The van der Waals surface area contributed by atoms with E-state index in [1.54, 1.807) is 21.3 Å². The molecule has 0 spiro atoms. The van der Waals surface area contributed by atoms with Crippen LogP contribution in [0.25, 0.3) is 0 Å². The predicted octanol–water partition coefficient (Wildman–Crippen LogP) is 3.02. The van der Waals surface area contributed by atoms with Crippen LogP contribution in [0.3, 0.4) is 0 Å². The summed E-state index contributed by atoms with van der Waals surface area (Å²) in [5.74, 6) is 2.34. The summed E-state index contributed by atoms with van der Waals surface area (Å²) in [6.07, 6.45) is 1.59. The zero-order chi connectivity index (χ0) is 18.8. The van der Waals surface area contributed by atoms with Gasteiger partial charge in [-0.3, -0.25) is 4.99 Å². The molecule has 0 aromatic heterocycles. The summed E-state index contributed by atoms with van der Waals surface area (Å²) in [6, 6.07) is 14.1. The van der Waals surface area contributed by atoms with Crippen molar-refractivity contribution >= 4 is 29.9 Å². The van der Waals surface area contributed by atoms with Crippen LogP contribution in [0.5, 0.6) is 17.2 Å². The molecule has 0 bridgehead atoms. The first-order valence-corrected chi connectivity index (χ1v) is 8.55. The van der Waals surface area contributed by atoms with Gasteiger partial charge in [0.05, 0.1) is 21.3 Å². The average molecular weight is 485 g/mol. The van der Waals surface area contributed by atoms with Crippen molar-refractivity contribution in [2.75, 3.05) is 34.4 Å². The van der Waals surface area contributed by atoms with Gasteiger partial charge >= 0.3 is 0 Å². The van der Waals surface area contributed by atoms with E-state index in [0.29, 0.717) is 36.2 Å². The van der Waals surface area contributed by atoms with Gasteiger partial charge in [-0.2, -0.15) is 0 Å². The van der Waals surface area contributed by atoms with Crippen molar-refractivity contribution in [3.63, 3.8) is 0 Å². The van der Waals surface area contributed by atoms with Crippen molar-refractivity contribution in [3.8, 4) is 17.2 Å². The zero-order valence-electron chi connectivity index (χ0n) is 16.0. The quantitative estimate of drug-likeness (QED) is 0.325. The van der Waals surface area contributed by atoms with Crippen LogP contribution in [0, 0.1) is 0 Å². The molecule has 0 heterocycles. The van der Waals surface area contributed by atoms with E-state index in [2.05, 4.69) is 22.4 Å². The molecular weight excluding hydrogens is 457 g/mol. The molecule has 3 N–H and O–H groups in total. The van der Waals surface area contributed by atoms with E-state index in [4.69, 9.17) is 19.9 Å². The van der Waals surface area contributed by atoms with E-state index < -0.39 is 0 Å². The van der Waals surface area contributed by atoms with Crippen LogP contribution in [-0.2, 0) is 12.8 Å². The summed E-state index contributed by atoms with van der Waals surface area (Å²) in [5, 5.41) is 3.14. The number of methoxy groups -OCH3 is 3. The Morgan fingerprint density at radius 1 is 0.926 bits per heavy atom.